The number of benzene rings is 2. The average molecular weight is 454 g/mol. The summed E-state index contributed by atoms with van der Waals surface area (Å²) in [5.74, 6) is 0.597. The lowest BCUT2D eigenvalue weighted by atomic mass is 10.0. The lowest BCUT2D eigenvalue weighted by Crippen LogP contribution is -2.01. The van der Waals surface area contributed by atoms with Crippen LogP contribution < -0.4 is 4.74 Å². The summed E-state index contributed by atoms with van der Waals surface area (Å²) >= 11 is 11.8. The molecule has 0 amide bonds. The number of rotatable bonds is 3. The van der Waals surface area contributed by atoms with Crippen LogP contribution in [0.2, 0.25) is 5.02 Å². The van der Waals surface area contributed by atoms with Crippen LogP contribution in [-0.4, -0.2) is 12.2 Å². The molecule has 0 heterocycles. The van der Waals surface area contributed by atoms with Gasteiger partial charge in [-0.15, -0.1) is 0 Å². The highest BCUT2D eigenvalue weighted by atomic mass is 127. The monoisotopic (exact) mass is 452 g/mol. The maximum atomic E-state index is 10.5. The van der Waals surface area contributed by atoms with E-state index in [1.807, 2.05) is 24.3 Å². The van der Waals surface area contributed by atoms with Crippen LogP contribution in [0.4, 0.5) is 0 Å². The molecule has 0 fully saturated rings. The van der Waals surface area contributed by atoms with Crippen molar-refractivity contribution in [2.45, 2.75) is 6.10 Å². The van der Waals surface area contributed by atoms with Crippen molar-refractivity contribution in [1.29, 1.82) is 0 Å². The fraction of sp³-hybridized carbons (Fsp3) is 0.143. The van der Waals surface area contributed by atoms with Gasteiger partial charge in [0.15, 0.2) is 0 Å². The second kappa shape index (κ2) is 6.43. The highest BCUT2D eigenvalue weighted by molar-refractivity contribution is 14.1. The standard InChI is InChI=1S/C14H11BrClIO2/c1-19-13-5-2-8(6-12(13)16)14(18)10-7-9(17)3-4-11(10)15/h2-7,14,18H,1H3. The van der Waals surface area contributed by atoms with Gasteiger partial charge in [0, 0.05) is 13.6 Å². The summed E-state index contributed by atoms with van der Waals surface area (Å²) in [4.78, 5) is 0. The maximum absolute atomic E-state index is 10.5. The average Bonchev–Trinajstić information content (AvgIpc) is 2.40. The molecule has 1 unspecified atom stereocenters. The zero-order chi connectivity index (χ0) is 14.0. The third-order valence-corrected chi connectivity index (χ3v) is 4.43. The Kier molecular flexibility index (Phi) is 5.11. The quantitative estimate of drug-likeness (QED) is 0.677. The van der Waals surface area contributed by atoms with Crippen LogP contribution >= 0.6 is 50.1 Å². The van der Waals surface area contributed by atoms with Gasteiger partial charge in [-0.2, -0.15) is 0 Å². The first-order valence-corrected chi connectivity index (χ1v) is 7.74. The summed E-state index contributed by atoms with van der Waals surface area (Å²) in [5.41, 5.74) is 1.54. The van der Waals surface area contributed by atoms with Crippen molar-refractivity contribution < 1.29 is 9.84 Å². The molecule has 0 aliphatic carbocycles. The molecule has 2 nitrogen and oxygen atoms in total. The predicted octanol–water partition coefficient (Wildman–Crippen LogP) is 4.80. The Hall–Kier alpha value is -0.300. The molecule has 19 heavy (non-hydrogen) atoms. The van der Waals surface area contributed by atoms with Crippen molar-refractivity contribution in [3.8, 4) is 5.75 Å². The Bertz CT molecular complexity index is 604. The Morgan fingerprint density at radius 3 is 2.63 bits per heavy atom. The van der Waals surface area contributed by atoms with E-state index in [-0.39, 0.29) is 0 Å². The molecule has 0 aromatic heterocycles. The fourth-order valence-corrected chi connectivity index (χ4v) is 3.00. The van der Waals surface area contributed by atoms with E-state index in [1.54, 1.807) is 19.2 Å². The van der Waals surface area contributed by atoms with Crippen LogP contribution in [0.15, 0.2) is 40.9 Å². The number of hydrogen-bond donors (Lipinski definition) is 1. The van der Waals surface area contributed by atoms with Gasteiger partial charge in [0.1, 0.15) is 11.9 Å². The molecule has 2 rings (SSSR count). The van der Waals surface area contributed by atoms with Crippen LogP contribution in [0.5, 0.6) is 5.75 Å². The molecule has 1 atom stereocenters. The molecular formula is C14H11BrClIO2. The van der Waals surface area contributed by atoms with Gasteiger partial charge >= 0.3 is 0 Å². The van der Waals surface area contributed by atoms with Gasteiger partial charge in [0.25, 0.3) is 0 Å². The van der Waals surface area contributed by atoms with Gasteiger partial charge in [-0.05, 0) is 58.5 Å². The Morgan fingerprint density at radius 1 is 1.26 bits per heavy atom. The van der Waals surface area contributed by atoms with E-state index in [4.69, 9.17) is 16.3 Å². The lowest BCUT2D eigenvalue weighted by Gasteiger charge is -2.15. The Morgan fingerprint density at radius 2 is 2.00 bits per heavy atom. The van der Waals surface area contributed by atoms with E-state index in [2.05, 4.69) is 38.5 Å². The van der Waals surface area contributed by atoms with Crippen LogP contribution in [0, 0.1) is 3.57 Å². The van der Waals surface area contributed by atoms with Crippen molar-refractivity contribution in [3.05, 3.63) is 60.6 Å². The van der Waals surface area contributed by atoms with Crippen molar-refractivity contribution in [3.63, 3.8) is 0 Å². The molecule has 0 aliphatic heterocycles. The van der Waals surface area contributed by atoms with Gasteiger partial charge in [-0.25, -0.2) is 0 Å². The minimum absolute atomic E-state index is 0.487. The molecule has 1 N–H and O–H groups in total. The lowest BCUT2D eigenvalue weighted by molar-refractivity contribution is 0.219. The highest BCUT2D eigenvalue weighted by Gasteiger charge is 2.15. The first-order chi connectivity index (χ1) is 9.02. The molecule has 0 saturated carbocycles. The number of methoxy groups -OCH3 is 1. The van der Waals surface area contributed by atoms with Crippen LogP contribution in [0.1, 0.15) is 17.2 Å². The molecule has 2 aromatic rings. The number of aliphatic hydroxyl groups is 1. The third-order valence-electron chi connectivity index (χ3n) is 2.74. The summed E-state index contributed by atoms with van der Waals surface area (Å²) in [6.07, 6.45) is -0.729. The van der Waals surface area contributed by atoms with Gasteiger partial charge in [0.2, 0.25) is 0 Å². The maximum Gasteiger partial charge on any atom is 0.137 e. The molecule has 0 radical (unpaired) electrons. The highest BCUT2D eigenvalue weighted by Crippen LogP contribution is 2.33. The molecule has 5 heteroatoms. The van der Waals surface area contributed by atoms with Crippen molar-refractivity contribution in [2.24, 2.45) is 0 Å². The van der Waals surface area contributed by atoms with E-state index >= 15 is 0 Å². The van der Waals surface area contributed by atoms with E-state index < -0.39 is 6.10 Å². The van der Waals surface area contributed by atoms with E-state index in [0.717, 1.165) is 19.2 Å². The van der Waals surface area contributed by atoms with Gasteiger partial charge in [-0.1, -0.05) is 33.6 Å². The smallest absolute Gasteiger partial charge is 0.137 e. The first-order valence-electron chi connectivity index (χ1n) is 5.49. The Labute approximate surface area is 139 Å². The second-order valence-corrected chi connectivity index (χ2v) is 6.47. The third kappa shape index (κ3) is 3.42. The van der Waals surface area contributed by atoms with Crippen LogP contribution in [0.3, 0.4) is 0 Å². The van der Waals surface area contributed by atoms with Crippen LogP contribution in [-0.2, 0) is 0 Å². The SMILES string of the molecule is COc1ccc(C(O)c2cc(I)ccc2Br)cc1Cl. The number of aliphatic hydroxyl groups excluding tert-OH is 1. The van der Waals surface area contributed by atoms with Gasteiger partial charge in [-0.3, -0.25) is 0 Å². The minimum atomic E-state index is -0.729. The largest absolute Gasteiger partial charge is 0.495 e. The van der Waals surface area contributed by atoms with Crippen LogP contribution in [0.25, 0.3) is 0 Å². The zero-order valence-electron chi connectivity index (χ0n) is 10.0. The van der Waals surface area contributed by atoms with Gasteiger partial charge in [0.05, 0.1) is 12.1 Å². The summed E-state index contributed by atoms with van der Waals surface area (Å²) in [7, 11) is 1.56. The molecule has 2 aromatic carbocycles. The minimum Gasteiger partial charge on any atom is -0.495 e. The molecule has 0 aliphatic rings. The molecule has 0 spiro atoms. The normalized spacial score (nSPS) is 12.3. The van der Waals surface area contributed by atoms with Crippen molar-refractivity contribution in [2.75, 3.05) is 7.11 Å². The molecule has 100 valence electrons. The predicted molar refractivity (Wildman–Crippen MR) is 88.9 cm³/mol. The fourth-order valence-electron chi connectivity index (χ4n) is 1.76. The molecule has 0 bridgehead atoms. The second-order valence-electron chi connectivity index (χ2n) is 3.96. The number of hydrogen-bond acceptors (Lipinski definition) is 2. The summed E-state index contributed by atoms with van der Waals surface area (Å²) < 4.78 is 7.04. The summed E-state index contributed by atoms with van der Waals surface area (Å²) in [6, 6.07) is 11.1. The topological polar surface area (TPSA) is 29.5 Å². The molecular weight excluding hydrogens is 442 g/mol. The molecule has 0 saturated heterocycles. The van der Waals surface area contributed by atoms with E-state index in [9.17, 15) is 5.11 Å². The zero-order valence-corrected chi connectivity index (χ0v) is 14.5. The van der Waals surface area contributed by atoms with Gasteiger partial charge < -0.3 is 9.84 Å². The number of ether oxygens (including phenoxy) is 1. The summed E-state index contributed by atoms with van der Waals surface area (Å²) in [6.45, 7) is 0. The van der Waals surface area contributed by atoms with E-state index in [1.165, 1.54) is 0 Å². The first kappa shape index (κ1) is 15.1. The number of halogens is 3. The summed E-state index contributed by atoms with van der Waals surface area (Å²) in [5, 5.41) is 10.9. The van der Waals surface area contributed by atoms with Crippen molar-refractivity contribution in [1.82, 2.24) is 0 Å². The van der Waals surface area contributed by atoms with E-state index in [0.29, 0.717) is 10.8 Å². The Balaban J connectivity index is 2.41. The van der Waals surface area contributed by atoms with Crippen molar-refractivity contribution >= 4 is 50.1 Å².